The number of hydrogen-bond donors (Lipinski definition) is 0. The third-order valence-corrected chi connectivity index (χ3v) is 4.30. The van der Waals surface area contributed by atoms with Crippen LogP contribution >= 0.6 is 11.6 Å². The smallest absolute Gasteiger partial charge is 0.363 e. The number of ether oxygens (including phenoxy) is 1. The van der Waals surface area contributed by atoms with Gasteiger partial charge in [-0.2, -0.15) is 0 Å². The molecule has 4 rings (SSSR count). The molecule has 0 radical (unpaired) electrons. The lowest BCUT2D eigenvalue weighted by Crippen LogP contribution is -2.05. The Morgan fingerprint density at radius 1 is 1.07 bits per heavy atom. The maximum absolute atomic E-state index is 12.1. The summed E-state index contributed by atoms with van der Waals surface area (Å²) in [6, 6.07) is 16.3. The van der Waals surface area contributed by atoms with Crippen molar-refractivity contribution in [2.75, 3.05) is 0 Å². The quantitative estimate of drug-likeness (QED) is 0.273. The molecule has 0 saturated carbocycles. The van der Waals surface area contributed by atoms with Crippen molar-refractivity contribution in [3.8, 4) is 11.3 Å². The molecule has 1 aliphatic heterocycles. The summed E-state index contributed by atoms with van der Waals surface area (Å²) in [5.41, 5.74) is 0.969. The number of carbonyl (C=O) groups excluding carboxylic acids is 1. The van der Waals surface area contributed by atoms with Crippen molar-refractivity contribution in [2.45, 2.75) is 0 Å². The van der Waals surface area contributed by atoms with Crippen LogP contribution in [-0.2, 0) is 9.53 Å². The van der Waals surface area contributed by atoms with Gasteiger partial charge >= 0.3 is 5.97 Å². The lowest BCUT2D eigenvalue weighted by Gasteiger charge is -1.99. The number of cyclic esters (lactones) is 1. The highest BCUT2D eigenvalue weighted by atomic mass is 35.5. The van der Waals surface area contributed by atoms with E-state index in [0.29, 0.717) is 22.1 Å². The summed E-state index contributed by atoms with van der Waals surface area (Å²) < 4.78 is 10.9. The Hall–Kier alpha value is -3.71. The largest absolute Gasteiger partial charge is 0.457 e. The molecule has 0 aliphatic carbocycles. The molecule has 0 bridgehead atoms. The first-order valence-electron chi connectivity index (χ1n) is 8.13. The van der Waals surface area contributed by atoms with E-state index in [0.717, 1.165) is 5.56 Å². The molecule has 0 spiro atoms. The van der Waals surface area contributed by atoms with Crippen LogP contribution in [0.2, 0.25) is 5.02 Å². The number of aliphatic imine (C=N–C) groups is 1. The van der Waals surface area contributed by atoms with E-state index in [1.165, 1.54) is 24.3 Å². The van der Waals surface area contributed by atoms with Gasteiger partial charge in [-0.1, -0.05) is 29.8 Å². The summed E-state index contributed by atoms with van der Waals surface area (Å²) in [5, 5.41) is 11.4. The van der Waals surface area contributed by atoms with E-state index in [-0.39, 0.29) is 17.3 Å². The number of esters is 1. The zero-order chi connectivity index (χ0) is 19.7. The van der Waals surface area contributed by atoms with Gasteiger partial charge in [-0.15, -0.1) is 0 Å². The van der Waals surface area contributed by atoms with Gasteiger partial charge in [0.15, 0.2) is 5.70 Å². The maximum atomic E-state index is 12.1. The lowest BCUT2D eigenvalue weighted by atomic mass is 10.2. The van der Waals surface area contributed by atoms with Crippen LogP contribution < -0.4 is 0 Å². The standard InChI is InChI=1S/C20H11ClN2O5/c21-16-7-2-1-6-15(16)18-9-8-14(27-18)11-17-20(24)28-19(22-17)12-4-3-5-13(10-12)23(25)26/h1-11H/b17-11-. The normalized spacial score (nSPS) is 14.8. The molecule has 0 fully saturated rings. The van der Waals surface area contributed by atoms with E-state index in [4.69, 9.17) is 20.8 Å². The number of halogens is 1. The fraction of sp³-hybridized carbons (Fsp3) is 0. The summed E-state index contributed by atoms with van der Waals surface area (Å²) in [7, 11) is 0. The molecule has 0 atom stereocenters. The molecule has 28 heavy (non-hydrogen) atoms. The molecule has 0 saturated heterocycles. The molecule has 0 unspecified atom stereocenters. The van der Waals surface area contributed by atoms with Gasteiger partial charge in [0, 0.05) is 29.3 Å². The number of non-ortho nitro benzene ring substituents is 1. The molecule has 2 heterocycles. The lowest BCUT2D eigenvalue weighted by molar-refractivity contribution is -0.384. The molecular formula is C20H11ClN2O5. The molecule has 0 amide bonds. The molecular weight excluding hydrogens is 384 g/mol. The van der Waals surface area contributed by atoms with Crippen LogP contribution in [0, 0.1) is 10.1 Å². The third kappa shape index (κ3) is 3.43. The third-order valence-electron chi connectivity index (χ3n) is 3.97. The number of nitro groups is 1. The predicted octanol–water partition coefficient (Wildman–Crippen LogP) is 4.85. The highest BCUT2D eigenvalue weighted by Crippen LogP contribution is 2.30. The first-order valence-corrected chi connectivity index (χ1v) is 8.51. The summed E-state index contributed by atoms with van der Waals surface area (Å²) in [6.45, 7) is 0. The summed E-state index contributed by atoms with van der Waals surface area (Å²) in [5.74, 6) is 0.271. The van der Waals surface area contributed by atoms with Crippen LogP contribution in [0.4, 0.5) is 5.69 Å². The average Bonchev–Trinajstić information content (AvgIpc) is 3.30. The molecule has 0 N–H and O–H groups in total. The van der Waals surface area contributed by atoms with E-state index >= 15 is 0 Å². The first kappa shape index (κ1) is 17.7. The van der Waals surface area contributed by atoms with Crippen LogP contribution in [0.25, 0.3) is 17.4 Å². The number of nitro benzene ring substituents is 1. The number of furan rings is 1. The van der Waals surface area contributed by atoms with Crippen molar-refractivity contribution in [3.63, 3.8) is 0 Å². The number of hydrogen-bond acceptors (Lipinski definition) is 6. The predicted molar refractivity (Wildman–Crippen MR) is 103 cm³/mol. The molecule has 3 aromatic rings. The van der Waals surface area contributed by atoms with Gasteiger partial charge in [-0.3, -0.25) is 10.1 Å². The Kier molecular flexibility index (Phi) is 4.50. The van der Waals surface area contributed by atoms with Crippen molar-refractivity contribution in [2.24, 2.45) is 4.99 Å². The van der Waals surface area contributed by atoms with E-state index in [1.807, 2.05) is 18.2 Å². The van der Waals surface area contributed by atoms with E-state index in [1.54, 1.807) is 24.3 Å². The highest BCUT2D eigenvalue weighted by Gasteiger charge is 2.25. The first-order chi connectivity index (χ1) is 13.5. The van der Waals surface area contributed by atoms with Gasteiger partial charge in [0.2, 0.25) is 5.90 Å². The van der Waals surface area contributed by atoms with Crippen molar-refractivity contribution in [3.05, 3.63) is 92.8 Å². The number of benzene rings is 2. The number of nitrogens with zero attached hydrogens (tertiary/aromatic N) is 2. The van der Waals surface area contributed by atoms with Crippen molar-refractivity contribution < 1.29 is 18.9 Å². The Balaban J connectivity index is 1.64. The van der Waals surface area contributed by atoms with Gasteiger partial charge < -0.3 is 9.15 Å². The monoisotopic (exact) mass is 394 g/mol. The summed E-state index contributed by atoms with van der Waals surface area (Å²) >= 11 is 6.16. The molecule has 1 aromatic heterocycles. The van der Waals surface area contributed by atoms with Crippen LogP contribution in [0.15, 0.2) is 75.8 Å². The van der Waals surface area contributed by atoms with Crippen LogP contribution in [0.5, 0.6) is 0 Å². The van der Waals surface area contributed by atoms with E-state index < -0.39 is 10.9 Å². The number of carbonyl (C=O) groups is 1. The molecule has 2 aromatic carbocycles. The molecule has 138 valence electrons. The van der Waals surface area contributed by atoms with Gasteiger partial charge in [0.25, 0.3) is 5.69 Å². The summed E-state index contributed by atoms with van der Waals surface area (Å²) in [6.07, 6.45) is 1.44. The minimum absolute atomic E-state index is 0.00201. The van der Waals surface area contributed by atoms with Gasteiger partial charge in [0.05, 0.1) is 9.95 Å². The van der Waals surface area contributed by atoms with Gasteiger partial charge in [-0.25, -0.2) is 9.79 Å². The van der Waals surface area contributed by atoms with Gasteiger partial charge in [0.1, 0.15) is 11.5 Å². The van der Waals surface area contributed by atoms with E-state index in [9.17, 15) is 14.9 Å². The molecule has 8 heteroatoms. The zero-order valence-electron chi connectivity index (χ0n) is 14.2. The average molecular weight is 395 g/mol. The van der Waals surface area contributed by atoms with Crippen LogP contribution in [-0.4, -0.2) is 16.8 Å². The second kappa shape index (κ2) is 7.13. The van der Waals surface area contributed by atoms with E-state index in [2.05, 4.69) is 4.99 Å². The summed E-state index contributed by atoms with van der Waals surface area (Å²) in [4.78, 5) is 26.6. The molecule has 1 aliphatic rings. The second-order valence-electron chi connectivity index (χ2n) is 5.83. The topological polar surface area (TPSA) is 94.9 Å². The molecule has 7 nitrogen and oxygen atoms in total. The Bertz CT molecular complexity index is 1160. The Morgan fingerprint density at radius 2 is 1.89 bits per heavy atom. The fourth-order valence-electron chi connectivity index (χ4n) is 2.66. The van der Waals surface area contributed by atoms with Crippen molar-refractivity contribution >= 4 is 35.2 Å². The Morgan fingerprint density at radius 3 is 2.68 bits per heavy atom. The fourth-order valence-corrected chi connectivity index (χ4v) is 2.88. The number of rotatable bonds is 4. The van der Waals surface area contributed by atoms with Crippen molar-refractivity contribution in [1.29, 1.82) is 0 Å². The highest BCUT2D eigenvalue weighted by molar-refractivity contribution is 6.33. The maximum Gasteiger partial charge on any atom is 0.363 e. The second-order valence-corrected chi connectivity index (χ2v) is 6.23. The van der Waals surface area contributed by atoms with Crippen LogP contribution in [0.3, 0.4) is 0 Å². The van der Waals surface area contributed by atoms with Crippen LogP contribution in [0.1, 0.15) is 11.3 Å². The van der Waals surface area contributed by atoms with Crippen molar-refractivity contribution in [1.82, 2.24) is 0 Å². The minimum atomic E-state index is -0.669. The van der Waals surface area contributed by atoms with Gasteiger partial charge in [-0.05, 0) is 30.3 Å². The zero-order valence-corrected chi connectivity index (χ0v) is 14.9. The SMILES string of the molecule is O=C1OC(c2cccc([N+](=O)[O-])c2)=N/C1=C\c1ccc(-c2ccccc2Cl)o1. The minimum Gasteiger partial charge on any atom is -0.457 e. The Labute approximate surface area is 163 Å².